The summed E-state index contributed by atoms with van der Waals surface area (Å²) in [7, 11) is 1.79. The van der Waals surface area contributed by atoms with Gasteiger partial charge < -0.3 is 21.3 Å². The van der Waals surface area contributed by atoms with Crippen LogP contribution in [0, 0.1) is 5.92 Å². The summed E-state index contributed by atoms with van der Waals surface area (Å²) in [6.45, 7) is 5.42. The Labute approximate surface area is 186 Å². The second-order valence-electron chi connectivity index (χ2n) is 7.06. The zero-order chi connectivity index (χ0) is 19.5. The summed E-state index contributed by atoms with van der Waals surface area (Å²) in [6, 6.07) is 4.04. The van der Waals surface area contributed by atoms with Crippen LogP contribution in [-0.4, -0.2) is 43.5 Å². The van der Waals surface area contributed by atoms with Gasteiger partial charge in [-0.3, -0.25) is 9.79 Å². The molecule has 0 saturated carbocycles. The number of amides is 1. The van der Waals surface area contributed by atoms with Gasteiger partial charge in [0.2, 0.25) is 5.91 Å². The standard InChI is InChI=1S/C20H34N6O.HI/c1-3-4-5-6-11-24-20(22-2)25-15-17-8-7-12-23-19(17)26-13-9-16(10-14-26)18(21)27;/h7-8,12,16H,3-6,9-11,13-15H2,1-2H3,(H2,21,27)(H2,22,24,25);1H. The molecule has 1 aliphatic heterocycles. The van der Waals surface area contributed by atoms with Crippen molar-refractivity contribution in [1.29, 1.82) is 0 Å². The second kappa shape index (κ2) is 13.6. The number of pyridine rings is 1. The van der Waals surface area contributed by atoms with Crippen molar-refractivity contribution < 1.29 is 4.79 Å². The van der Waals surface area contributed by atoms with Gasteiger partial charge in [-0.1, -0.05) is 32.3 Å². The third-order valence-electron chi connectivity index (χ3n) is 5.06. The van der Waals surface area contributed by atoms with Gasteiger partial charge in [0.25, 0.3) is 0 Å². The number of primary amides is 1. The third-order valence-corrected chi connectivity index (χ3v) is 5.06. The number of hydrogen-bond acceptors (Lipinski definition) is 4. The molecule has 158 valence electrons. The van der Waals surface area contributed by atoms with Gasteiger partial charge in [0.05, 0.1) is 0 Å². The predicted octanol–water partition coefficient (Wildman–Crippen LogP) is 2.65. The van der Waals surface area contributed by atoms with Crippen LogP contribution >= 0.6 is 24.0 Å². The van der Waals surface area contributed by atoms with E-state index in [9.17, 15) is 4.79 Å². The van der Waals surface area contributed by atoms with Gasteiger partial charge in [-0.05, 0) is 25.3 Å². The summed E-state index contributed by atoms with van der Waals surface area (Å²) in [4.78, 5) is 22.5. The molecule has 1 aliphatic rings. The Balaban J connectivity index is 0.00000392. The van der Waals surface area contributed by atoms with Crippen LogP contribution in [0.15, 0.2) is 23.3 Å². The molecule has 0 spiro atoms. The van der Waals surface area contributed by atoms with E-state index in [0.29, 0.717) is 6.54 Å². The average molecular weight is 502 g/mol. The van der Waals surface area contributed by atoms with Gasteiger partial charge in [-0.25, -0.2) is 4.98 Å². The molecule has 2 rings (SSSR count). The van der Waals surface area contributed by atoms with Crippen molar-refractivity contribution in [3.8, 4) is 0 Å². The number of unbranched alkanes of at least 4 members (excludes halogenated alkanes) is 3. The molecular formula is C20H35IN6O. The topological polar surface area (TPSA) is 95.6 Å². The zero-order valence-electron chi connectivity index (χ0n) is 17.1. The number of halogens is 1. The van der Waals surface area contributed by atoms with Gasteiger partial charge in [0, 0.05) is 50.9 Å². The molecule has 1 aromatic heterocycles. The van der Waals surface area contributed by atoms with Crippen molar-refractivity contribution in [3.63, 3.8) is 0 Å². The number of nitrogens with one attached hydrogen (secondary N) is 2. The Morgan fingerprint density at radius 3 is 2.68 bits per heavy atom. The maximum absolute atomic E-state index is 11.4. The first-order valence-corrected chi connectivity index (χ1v) is 10.1. The SMILES string of the molecule is CCCCCCNC(=NC)NCc1cccnc1N1CCC(C(N)=O)CC1.I. The number of guanidine groups is 1. The Morgan fingerprint density at radius 2 is 2.04 bits per heavy atom. The first kappa shape index (κ1) is 24.5. The monoisotopic (exact) mass is 502 g/mol. The van der Waals surface area contributed by atoms with Crippen molar-refractivity contribution in [2.45, 2.75) is 52.0 Å². The molecule has 0 radical (unpaired) electrons. The Morgan fingerprint density at radius 1 is 1.29 bits per heavy atom. The Kier molecular flexibility index (Phi) is 11.9. The van der Waals surface area contributed by atoms with E-state index in [1.807, 2.05) is 12.3 Å². The molecular weight excluding hydrogens is 467 g/mol. The number of rotatable bonds is 9. The van der Waals surface area contributed by atoms with Gasteiger partial charge in [0.15, 0.2) is 5.96 Å². The molecule has 1 saturated heterocycles. The minimum absolute atomic E-state index is 0. The van der Waals surface area contributed by atoms with E-state index in [4.69, 9.17) is 5.73 Å². The molecule has 0 aromatic carbocycles. The number of aliphatic imine (C=N–C) groups is 1. The number of piperidine rings is 1. The molecule has 4 N–H and O–H groups in total. The van der Waals surface area contributed by atoms with Crippen LogP contribution in [0.4, 0.5) is 5.82 Å². The van der Waals surface area contributed by atoms with E-state index >= 15 is 0 Å². The number of nitrogens with two attached hydrogens (primary N) is 1. The van der Waals surface area contributed by atoms with E-state index in [2.05, 4.69) is 38.5 Å². The molecule has 0 bridgehead atoms. The summed E-state index contributed by atoms with van der Waals surface area (Å²) in [5.74, 6) is 1.59. The molecule has 28 heavy (non-hydrogen) atoms. The number of anilines is 1. The van der Waals surface area contributed by atoms with Crippen LogP contribution in [-0.2, 0) is 11.3 Å². The number of carbonyl (C=O) groups excluding carboxylic acids is 1. The molecule has 1 fully saturated rings. The largest absolute Gasteiger partial charge is 0.369 e. The van der Waals surface area contributed by atoms with Gasteiger partial charge >= 0.3 is 0 Å². The molecule has 8 heteroatoms. The lowest BCUT2D eigenvalue weighted by Gasteiger charge is -2.32. The van der Waals surface area contributed by atoms with Crippen LogP contribution in [0.1, 0.15) is 51.0 Å². The summed E-state index contributed by atoms with van der Waals surface area (Å²) in [5.41, 5.74) is 6.57. The molecule has 0 atom stereocenters. The summed E-state index contributed by atoms with van der Waals surface area (Å²) >= 11 is 0. The van der Waals surface area contributed by atoms with Crippen molar-refractivity contribution in [2.75, 3.05) is 31.6 Å². The summed E-state index contributed by atoms with van der Waals surface area (Å²) < 4.78 is 0. The number of hydrogen-bond donors (Lipinski definition) is 3. The molecule has 0 unspecified atom stereocenters. The Hall–Kier alpha value is -1.58. The fraction of sp³-hybridized carbons (Fsp3) is 0.650. The van der Waals surface area contributed by atoms with Crippen molar-refractivity contribution in [3.05, 3.63) is 23.9 Å². The number of aromatic nitrogens is 1. The highest BCUT2D eigenvalue weighted by Gasteiger charge is 2.24. The van der Waals surface area contributed by atoms with E-state index in [0.717, 1.165) is 56.2 Å². The lowest BCUT2D eigenvalue weighted by molar-refractivity contribution is -0.122. The average Bonchev–Trinajstić information content (AvgIpc) is 2.70. The molecule has 1 amide bonds. The van der Waals surface area contributed by atoms with Gasteiger partial charge in [-0.2, -0.15) is 0 Å². The van der Waals surface area contributed by atoms with E-state index in [-0.39, 0.29) is 35.8 Å². The highest BCUT2D eigenvalue weighted by Crippen LogP contribution is 2.24. The highest BCUT2D eigenvalue weighted by molar-refractivity contribution is 14.0. The first-order chi connectivity index (χ1) is 13.2. The highest BCUT2D eigenvalue weighted by atomic mass is 127. The van der Waals surface area contributed by atoms with Crippen LogP contribution in [0.3, 0.4) is 0 Å². The predicted molar refractivity (Wildman–Crippen MR) is 126 cm³/mol. The molecule has 2 heterocycles. The second-order valence-corrected chi connectivity index (χ2v) is 7.06. The quantitative estimate of drug-likeness (QED) is 0.209. The van der Waals surface area contributed by atoms with Crippen LogP contribution in [0.5, 0.6) is 0 Å². The zero-order valence-corrected chi connectivity index (χ0v) is 19.4. The number of carbonyl (C=O) groups is 1. The first-order valence-electron chi connectivity index (χ1n) is 10.1. The van der Waals surface area contributed by atoms with Gasteiger partial charge in [-0.15, -0.1) is 24.0 Å². The van der Waals surface area contributed by atoms with Crippen LogP contribution < -0.4 is 21.3 Å². The smallest absolute Gasteiger partial charge is 0.220 e. The molecule has 7 nitrogen and oxygen atoms in total. The summed E-state index contributed by atoms with van der Waals surface area (Å²) in [6.07, 6.45) is 8.32. The van der Waals surface area contributed by atoms with Crippen molar-refractivity contribution in [1.82, 2.24) is 15.6 Å². The van der Waals surface area contributed by atoms with Crippen LogP contribution in [0.25, 0.3) is 0 Å². The van der Waals surface area contributed by atoms with Crippen molar-refractivity contribution in [2.24, 2.45) is 16.6 Å². The maximum Gasteiger partial charge on any atom is 0.220 e. The fourth-order valence-corrected chi connectivity index (χ4v) is 3.39. The summed E-state index contributed by atoms with van der Waals surface area (Å²) in [5, 5.41) is 6.75. The molecule has 1 aromatic rings. The van der Waals surface area contributed by atoms with Gasteiger partial charge in [0.1, 0.15) is 5.82 Å². The maximum atomic E-state index is 11.4. The lowest BCUT2D eigenvalue weighted by Crippen LogP contribution is -2.40. The third kappa shape index (κ3) is 7.81. The van der Waals surface area contributed by atoms with Crippen molar-refractivity contribution >= 4 is 41.7 Å². The Bertz CT molecular complexity index is 616. The number of nitrogens with zero attached hydrogens (tertiary/aromatic N) is 3. The molecule has 0 aliphatic carbocycles. The lowest BCUT2D eigenvalue weighted by atomic mass is 9.96. The fourth-order valence-electron chi connectivity index (χ4n) is 3.39. The van der Waals surface area contributed by atoms with Crippen LogP contribution in [0.2, 0.25) is 0 Å². The van der Waals surface area contributed by atoms with E-state index < -0.39 is 0 Å². The van der Waals surface area contributed by atoms with E-state index in [1.165, 1.54) is 19.3 Å². The minimum Gasteiger partial charge on any atom is -0.369 e. The van der Waals surface area contributed by atoms with E-state index in [1.54, 1.807) is 7.05 Å². The normalized spacial score (nSPS) is 15.1. The minimum atomic E-state index is -0.189.